The third-order valence-corrected chi connectivity index (χ3v) is 5.45. The van der Waals surface area contributed by atoms with Gasteiger partial charge < -0.3 is 15.2 Å². The number of nitrogens with zero attached hydrogens (tertiary/aromatic N) is 1. The molecule has 2 N–H and O–H groups in total. The van der Waals surface area contributed by atoms with Gasteiger partial charge in [0.05, 0.1) is 30.7 Å². The highest BCUT2D eigenvalue weighted by Gasteiger charge is 2.23. The van der Waals surface area contributed by atoms with Gasteiger partial charge in [-0.3, -0.25) is 4.90 Å². The Morgan fingerprint density at radius 1 is 1.09 bits per heavy atom. The molecular weight excluding hydrogens is 308 g/mol. The van der Waals surface area contributed by atoms with Crippen molar-refractivity contribution in [3.8, 4) is 0 Å². The Labute approximate surface area is 140 Å². The van der Waals surface area contributed by atoms with Crippen LogP contribution in [0, 0.1) is 0 Å². The van der Waals surface area contributed by atoms with E-state index in [2.05, 4.69) is 34.5 Å². The van der Waals surface area contributed by atoms with Crippen molar-refractivity contribution in [2.24, 2.45) is 0 Å². The van der Waals surface area contributed by atoms with Crippen LogP contribution in [0.25, 0.3) is 0 Å². The van der Waals surface area contributed by atoms with Crippen LogP contribution in [-0.2, 0) is 4.74 Å². The van der Waals surface area contributed by atoms with Crippen molar-refractivity contribution < 1.29 is 9.84 Å². The molecular formula is C18H20N2O2S. The van der Waals surface area contributed by atoms with Gasteiger partial charge in [0, 0.05) is 35.0 Å². The number of β-amino-alcohol motifs (C(OH)–C–C–N with tert-alkyl or cyclic N) is 1. The lowest BCUT2D eigenvalue weighted by atomic mass is 10.1. The van der Waals surface area contributed by atoms with Crippen molar-refractivity contribution in [3.63, 3.8) is 0 Å². The molecule has 1 fully saturated rings. The van der Waals surface area contributed by atoms with Gasteiger partial charge in [0.25, 0.3) is 0 Å². The average Bonchev–Trinajstić information content (AvgIpc) is 2.60. The third-order valence-electron chi connectivity index (χ3n) is 4.32. The lowest BCUT2D eigenvalue weighted by molar-refractivity contribution is 0.0144. The van der Waals surface area contributed by atoms with Crippen LogP contribution in [-0.4, -0.2) is 42.9 Å². The second kappa shape index (κ2) is 6.53. The number of anilines is 2. The zero-order valence-electron chi connectivity index (χ0n) is 12.9. The summed E-state index contributed by atoms with van der Waals surface area (Å²) < 4.78 is 5.38. The molecule has 0 aliphatic carbocycles. The molecule has 1 atom stereocenters. The summed E-state index contributed by atoms with van der Waals surface area (Å²) in [6.07, 6.45) is -0.499. The van der Waals surface area contributed by atoms with Gasteiger partial charge in [-0.2, -0.15) is 0 Å². The van der Waals surface area contributed by atoms with E-state index in [4.69, 9.17) is 4.74 Å². The minimum atomic E-state index is -0.499. The van der Waals surface area contributed by atoms with Gasteiger partial charge in [-0.15, -0.1) is 0 Å². The Kier molecular flexibility index (Phi) is 4.27. The molecule has 1 unspecified atom stereocenters. The van der Waals surface area contributed by atoms with Crippen LogP contribution in [0.15, 0.2) is 52.3 Å². The SMILES string of the molecule is OC(CN1CCOCC1)c1cccc2c1Nc1ccccc1S2. The van der Waals surface area contributed by atoms with E-state index in [9.17, 15) is 5.11 Å². The van der Waals surface area contributed by atoms with Crippen LogP contribution < -0.4 is 5.32 Å². The number of nitrogens with one attached hydrogen (secondary N) is 1. The maximum absolute atomic E-state index is 10.7. The monoisotopic (exact) mass is 328 g/mol. The molecule has 0 bridgehead atoms. The molecule has 120 valence electrons. The number of rotatable bonds is 3. The Bertz CT molecular complexity index is 701. The van der Waals surface area contributed by atoms with Gasteiger partial charge in [0.1, 0.15) is 0 Å². The summed E-state index contributed by atoms with van der Waals surface area (Å²) in [5.41, 5.74) is 3.11. The first kappa shape index (κ1) is 15.0. The van der Waals surface area contributed by atoms with E-state index in [1.807, 2.05) is 18.2 Å². The van der Waals surface area contributed by atoms with Crippen molar-refractivity contribution in [2.75, 3.05) is 38.2 Å². The van der Waals surface area contributed by atoms with Crippen LogP contribution in [0.2, 0.25) is 0 Å². The molecule has 2 aliphatic heterocycles. The summed E-state index contributed by atoms with van der Waals surface area (Å²) >= 11 is 1.75. The van der Waals surface area contributed by atoms with Crippen LogP contribution in [0.1, 0.15) is 11.7 Å². The van der Waals surface area contributed by atoms with Crippen LogP contribution in [0.4, 0.5) is 11.4 Å². The molecule has 5 heteroatoms. The van der Waals surface area contributed by atoms with Gasteiger partial charge in [-0.1, -0.05) is 36.0 Å². The highest BCUT2D eigenvalue weighted by molar-refractivity contribution is 7.99. The summed E-state index contributed by atoms with van der Waals surface area (Å²) in [5, 5.41) is 14.2. The average molecular weight is 328 g/mol. The fourth-order valence-corrected chi connectivity index (χ4v) is 4.11. The molecule has 0 spiro atoms. The van der Waals surface area contributed by atoms with Crippen molar-refractivity contribution >= 4 is 23.1 Å². The van der Waals surface area contributed by atoms with Crippen LogP contribution in [0.5, 0.6) is 0 Å². The molecule has 2 aromatic carbocycles. The number of aliphatic hydroxyl groups excluding tert-OH is 1. The van der Waals surface area contributed by atoms with E-state index in [0.717, 1.165) is 43.2 Å². The van der Waals surface area contributed by atoms with E-state index < -0.39 is 6.10 Å². The van der Waals surface area contributed by atoms with E-state index >= 15 is 0 Å². The molecule has 2 aliphatic rings. The Hall–Kier alpha value is -1.53. The third kappa shape index (κ3) is 3.10. The molecule has 2 heterocycles. The Balaban J connectivity index is 1.58. The van der Waals surface area contributed by atoms with Crippen molar-refractivity contribution in [1.82, 2.24) is 4.90 Å². The minimum Gasteiger partial charge on any atom is -0.387 e. The number of ether oxygens (including phenoxy) is 1. The largest absolute Gasteiger partial charge is 0.387 e. The predicted molar refractivity (Wildman–Crippen MR) is 92.5 cm³/mol. The zero-order chi connectivity index (χ0) is 15.6. The summed E-state index contributed by atoms with van der Waals surface area (Å²) in [7, 11) is 0. The lowest BCUT2D eigenvalue weighted by Crippen LogP contribution is -2.38. The number of aliphatic hydroxyl groups is 1. The molecule has 0 saturated carbocycles. The second-order valence-electron chi connectivity index (χ2n) is 5.87. The standard InChI is InChI=1S/C18H20N2O2S/c21-15(12-20-8-10-22-11-9-20)13-4-3-7-17-18(13)19-14-5-1-2-6-16(14)23-17/h1-7,15,19,21H,8-12H2. The molecule has 0 amide bonds. The van der Waals surface area contributed by atoms with Gasteiger partial charge >= 0.3 is 0 Å². The number of morpholine rings is 1. The zero-order valence-corrected chi connectivity index (χ0v) is 13.7. The molecule has 23 heavy (non-hydrogen) atoms. The first-order valence-electron chi connectivity index (χ1n) is 7.96. The van der Waals surface area contributed by atoms with Crippen LogP contribution in [0.3, 0.4) is 0 Å². The molecule has 0 aromatic heterocycles. The van der Waals surface area contributed by atoms with Gasteiger partial charge in [0.2, 0.25) is 0 Å². The normalized spacial score (nSPS) is 18.7. The number of fused-ring (bicyclic) bond motifs is 2. The number of hydrogen-bond acceptors (Lipinski definition) is 5. The summed E-state index contributed by atoms with van der Waals surface area (Å²) in [5.74, 6) is 0. The van der Waals surface area contributed by atoms with E-state index in [1.165, 1.54) is 9.79 Å². The maximum atomic E-state index is 10.7. The predicted octanol–water partition coefficient (Wildman–Crippen LogP) is 3.26. The van der Waals surface area contributed by atoms with Gasteiger partial charge in [0.15, 0.2) is 0 Å². The van der Waals surface area contributed by atoms with Crippen molar-refractivity contribution in [2.45, 2.75) is 15.9 Å². The fourth-order valence-electron chi connectivity index (χ4n) is 3.08. The first-order chi connectivity index (χ1) is 11.3. The van der Waals surface area contributed by atoms with Gasteiger partial charge in [-0.05, 0) is 18.2 Å². The summed E-state index contributed by atoms with van der Waals surface area (Å²) in [4.78, 5) is 4.65. The van der Waals surface area contributed by atoms with Crippen molar-refractivity contribution in [1.29, 1.82) is 0 Å². The maximum Gasteiger partial charge on any atom is 0.0937 e. The Morgan fingerprint density at radius 3 is 2.74 bits per heavy atom. The van der Waals surface area contributed by atoms with Gasteiger partial charge in [-0.25, -0.2) is 0 Å². The lowest BCUT2D eigenvalue weighted by Gasteiger charge is -2.30. The molecule has 2 aromatic rings. The molecule has 4 rings (SSSR count). The first-order valence-corrected chi connectivity index (χ1v) is 8.78. The van der Waals surface area contributed by atoms with E-state index in [0.29, 0.717) is 6.54 Å². The highest BCUT2D eigenvalue weighted by Crippen LogP contribution is 2.46. The molecule has 0 radical (unpaired) electrons. The van der Waals surface area contributed by atoms with E-state index in [-0.39, 0.29) is 0 Å². The number of hydrogen-bond donors (Lipinski definition) is 2. The second-order valence-corrected chi connectivity index (χ2v) is 6.96. The van der Waals surface area contributed by atoms with E-state index in [1.54, 1.807) is 11.8 Å². The van der Waals surface area contributed by atoms with Crippen LogP contribution >= 0.6 is 11.8 Å². The molecule has 4 nitrogen and oxygen atoms in total. The fraction of sp³-hybridized carbons (Fsp3) is 0.333. The number of para-hydroxylation sites is 2. The topological polar surface area (TPSA) is 44.7 Å². The summed E-state index contributed by atoms with van der Waals surface area (Å²) in [6.45, 7) is 3.92. The Morgan fingerprint density at radius 2 is 1.87 bits per heavy atom. The number of benzene rings is 2. The minimum absolute atomic E-state index is 0.499. The highest BCUT2D eigenvalue weighted by atomic mass is 32.2. The summed E-state index contributed by atoms with van der Waals surface area (Å²) in [6, 6.07) is 14.4. The smallest absolute Gasteiger partial charge is 0.0937 e. The quantitative estimate of drug-likeness (QED) is 0.773. The van der Waals surface area contributed by atoms with Crippen molar-refractivity contribution in [3.05, 3.63) is 48.0 Å². The molecule has 1 saturated heterocycles.